The van der Waals surface area contributed by atoms with E-state index in [4.69, 9.17) is 0 Å². The largest absolute Gasteiger partial charge is 0.466 e. The number of esters is 1. The van der Waals surface area contributed by atoms with Crippen molar-refractivity contribution in [3.63, 3.8) is 0 Å². The summed E-state index contributed by atoms with van der Waals surface area (Å²) in [5.74, 6) is -0.318. The summed E-state index contributed by atoms with van der Waals surface area (Å²) >= 11 is 1.65. The average Bonchev–Trinajstić information content (AvgIpc) is 2.47. The Morgan fingerprint density at radius 1 is 1.58 bits per heavy atom. The van der Waals surface area contributed by atoms with Crippen LogP contribution in [0.4, 0.5) is 0 Å². The molecule has 12 heavy (non-hydrogen) atoms. The molecule has 0 saturated heterocycles. The normalized spacial score (nSPS) is 10.5. The molecule has 0 saturated carbocycles. The lowest BCUT2D eigenvalue weighted by Gasteiger charge is -1.87. The summed E-state index contributed by atoms with van der Waals surface area (Å²) in [6.45, 7) is 2.03. The smallest absolute Gasteiger partial charge is 0.330 e. The van der Waals surface area contributed by atoms with Crippen LogP contribution in [0.5, 0.6) is 0 Å². The topological polar surface area (TPSA) is 26.3 Å². The molecule has 1 rings (SSSR count). The molecular weight excluding hydrogens is 172 g/mol. The highest BCUT2D eigenvalue weighted by atomic mass is 32.1. The van der Waals surface area contributed by atoms with Crippen LogP contribution in [-0.4, -0.2) is 13.1 Å². The van der Waals surface area contributed by atoms with Gasteiger partial charge < -0.3 is 4.74 Å². The summed E-state index contributed by atoms with van der Waals surface area (Å²) in [6.07, 6.45) is 3.18. The third-order valence-corrected chi connectivity index (χ3v) is 2.31. The van der Waals surface area contributed by atoms with Gasteiger partial charge in [0.25, 0.3) is 0 Å². The molecule has 3 heteroatoms. The first-order valence-corrected chi connectivity index (χ1v) is 4.36. The predicted molar refractivity (Wildman–Crippen MR) is 50.1 cm³/mol. The molecule has 0 spiro atoms. The lowest BCUT2D eigenvalue weighted by molar-refractivity contribution is -0.134. The Bertz CT molecular complexity index is 299. The number of hydrogen-bond donors (Lipinski definition) is 0. The fraction of sp³-hybridized carbons (Fsp3) is 0.222. The van der Waals surface area contributed by atoms with Crippen molar-refractivity contribution in [1.82, 2.24) is 0 Å². The molecule has 1 aromatic rings. The third kappa shape index (κ3) is 2.51. The van der Waals surface area contributed by atoms with Crippen LogP contribution in [0.1, 0.15) is 9.75 Å². The number of carbonyl (C=O) groups excluding carboxylic acids is 1. The van der Waals surface area contributed by atoms with E-state index >= 15 is 0 Å². The number of thiophene rings is 1. The molecule has 0 aliphatic heterocycles. The Hall–Kier alpha value is -1.09. The van der Waals surface area contributed by atoms with Crippen LogP contribution in [0.25, 0.3) is 6.08 Å². The van der Waals surface area contributed by atoms with Gasteiger partial charge in [-0.15, -0.1) is 11.3 Å². The molecule has 0 amide bonds. The molecule has 0 aliphatic rings. The zero-order valence-electron chi connectivity index (χ0n) is 7.03. The lowest BCUT2D eigenvalue weighted by atomic mass is 10.4. The first-order chi connectivity index (χ1) is 5.72. The van der Waals surface area contributed by atoms with Crippen LogP contribution in [0.3, 0.4) is 0 Å². The first kappa shape index (κ1) is 9.00. The molecule has 0 unspecified atom stereocenters. The SMILES string of the molecule is COC(=O)/C=C/c1ccc(C)s1. The number of methoxy groups -OCH3 is 1. The minimum absolute atomic E-state index is 0.318. The molecule has 0 aliphatic carbocycles. The minimum Gasteiger partial charge on any atom is -0.466 e. The van der Waals surface area contributed by atoms with E-state index in [1.165, 1.54) is 18.1 Å². The standard InChI is InChI=1S/C9H10O2S/c1-7-3-4-8(12-7)5-6-9(10)11-2/h3-6H,1-2H3/b6-5+. The van der Waals surface area contributed by atoms with E-state index < -0.39 is 0 Å². The van der Waals surface area contributed by atoms with E-state index in [2.05, 4.69) is 4.74 Å². The summed E-state index contributed by atoms with van der Waals surface area (Å²) in [4.78, 5) is 13.0. The molecule has 2 nitrogen and oxygen atoms in total. The zero-order chi connectivity index (χ0) is 8.97. The number of aryl methyl sites for hydroxylation is 1. The van der Waals surface area contributed by atoms with Gasteiger partial charge in [-0.3, -0.25) is 0 Å². The number of carbonyl (C=O) groups is 1. The van der Waals surface area contributed by atoms with Gasteiger partial charge in [0.05, 0.1) is 7.11 Å². The fourth-order valence-corrected chi connectivity index (χ4v) is 1.54. The summed E-state index contributed by atoms with van der Waals surface area (Å²) in [5.41, 5.74) is 0. The third-order valence-electron chi connectivity index (χ3n) is 1.35. The molecule has 0 fully saturated rings. The van der Waals surface area contributed by atoms with Crippen molar-refractivity contribution in [2.75, 3.05) is 7.11 Å². The second kappa shape index (κ2) is 4.07. The van der Waals surface area contributed by atoms with Crippen molar-refractivity contribution in [2.45, 2.75) is 6.92 Å². The molecule has 0 bridgehead atoms. The van der Waals surface area contributed by atoms with Crippen molar-refractivity contribution in [3.8, 4) is 0 Å². The fourth-order valence-electron chi connectivity index (χ4n) is 0.761. The first-order valence-electron chi connectivity index (χ1n) is 3.55. The van der Waals surface area contributed by atoms with Gasteiger partial charge >= 0.3 is 5.97 Å². The van der Waals surface area contributed by atoms with E-state index in [1.54, 1.807) is 17.4 Å². The van der Waals surface area contributed by atoms with Crippen LogP contribution < -0.4 is 0 Å². The maximum absolute atomic E-state index is 10.7. The second-order valence-electron chi connectivity index (χ2n) is 2.30. The highest BCUT2D eigenvalue weighted by molar-refractivity contribution is 7.12. The van der Waals surface area contributed by atoms with Gasteiger partial charge in [-0.25, -0.2) is 4.79 Å². The van der Waals surface area contributed by atoms with E-state index in [-0.39, 0.29) is 5.97 Å². The zero-order valence-corrected chi connectivity index (χ0v) is 7.85. The van der Waals surface area contributed by atoms with Gasteiger partial charge in [0, 0.05) is 15.8 Å². The Labute approximate surface area is 75.5 Å². The predicted octanol–water partition coefficient (Wildman–Crippen LogP) is 2.24. The van der Waals surface area contributed by atoms with Crippen molar-refractivity contribution >= 4 is 23.4 Å². The van der Waals surface area contributed by atoms with Crippen LogP contribution in [0, 0.1) is 6.92 Å². The van der Waals surface area contributed by atoms with E-state index in [1.807, 2.05) is 19.1 Å². The number of hydrogen-bond acceptors (Lipinski definition) is 3. The lowest BCUT2D eigenvalue weighted by Crippen LogP contribution is -1.92. The van der Waals surface area contributed by atoms with Crippen molar-refractivity contribution in [2.24, 2.45) is 0 Å². The Kier molecular flexibility index (Phi) is 3.05. The van der Waals surface area contributed by atoms with Crippen LogP contribution >= 0.6 is 11.3 Å². The summed E-state index contributed by atoms with van der Waals surface area (Å²) < 4.78 is 4.46. The van der Waals surface area contributed by atoms with E-state index in [9.17, 15) is 4.79 Å². The second-order valence-corrected chi connectivity index (χ2v) is 3.62. The van der Waals surface area contributed by atoms with Crippen molar-refractivity contribution in [3.05, 3.63) is 28.0 Å². The van der Waals surface area contributed by atoms with E-state index in [0.717, 1.165) is 4.88 Å². The minimum atomic E-state index is -0.318. The number of rotatable bonds is 2. The molecule has 1 heterocycles. The quantitative estimate of drug-likeness (QED) is 0.518. The summed E-state index contributed by atoms with van der Waals surface area (Å²) in [6, 6.07) is 3.99. The average molecular weight is 182 g/mol. The van der Waals surface area contributed by atoms with Crippen molar-refractivity contribution in [1.29, 1.82) is 0 Å². The van der Waals surface area contributed by atoms with Crippen LogP contribution in [0.15, 0.2) is 18.2 Å². The molecule has 0 N–H and O–H groups in total. The van der Waals surface area contributed by atoms with Gasteiger partial charge in [-0.2, -0.15) is 0 Å². The Morgan fingerprint density at radius 2 is 2.33 bits per heavy atom. The number of ether oxygens (including phenoxy) is 1. The van der Waals surface area contributed by atoms with Gasteiger partial charge in [0.15, 0.2) is 0 Å². The van der Waals surface area contributed by atoms with Gasteiger partial charge in [-0.1, -0.05) is 0 Å². The molecule has 64 valence electrons. The van der Waals surface area contributed by atoms with Crippen molar-refractivity contribution < 1.29 is 9.53 Å². The molecule has 0 atom stereocenters. The molecule has 1 aromatic heterocycles. The van der Waals surface area contributed by atoms with Crippen LogP contribution in [0.2, 0.25) is 0 Å². The van der Waals surface area contributed by atoms with Gasteiger partial charge in [0.1, 0.15) is 0 Å². The maximum Gasteiger partial charge on any atom is 0.330 e. The summed E-state index contributed by atoms with van der Waals surface area (Å²) in [5, 5.41) is 0. The monoisotopic (exact) mass is 182 g/mol. The van der Waals surface area contributed by atoms with Gasteiger partial charge in [0.2, 0.25) is 0 Å². The summed E-state index contributed by atoms with van der Waals surface area (Å²) in [7, 11) is 1.37. The highest BCUT2D eigenvalue weighted by Gasteiger charge is 1.93. The molecule has 0 radical (unpaired) electrons. The Morgan fingerprint density at radius 3 is 2.83 bits per heavy atom. The highest BCUT2D eigenvalue weighted by Crippen LogP contribution is 2.16. The van der Waals surface area contributed by atoms with Crippen LogP contribution in [-0.2, 0) is 9.53 Å². The van der Waals surface area contributed by atoms with Gasteiger partial charge in [-0.05, 0) is 25.1 Å². The molecular formula is C9H10O2S. The molecule has 0 aromatic carbocycles. The maximum atomic E-state index is 10.7. The Balaban J connectivity index is 2.63. The van der Waals surface area contributed by atoms with E-state index in [0.29, 0.717) is 0 Å².